The zero-order valence-corrected chi connectivity index (χ0v) is 10.9. The minimum atomic E-state index is 0.435. The third-order valence-corrected chi connectivity index (χ3v) is 2.89. The molecule has 0 radical (unpaired) electrons. The Morgan fingerprint density at radius 2 is 2.00 bits per heavy atom. The van der Waals surface area contributed by atoms with Gasteiger partial charge in [0.1, 0.15) is 5.75 Å². The predicted octanol–water partition coefficient (Wildman–Crippen LogP) is 3.37. The van der Waals surface area contributed by atoms with Gasteiger partial charge in [-0.25, -0.2) is 0 Å². The third-order valence-electron chi connectivity index (χ3n) is 2.89. The van der Waals surface area contributed by atoms with Gasteiger partial charge in [0.05, 0.1) is 19.6 Å². The Morgan fingerprint density at radius 1 is 1.16 bits per heavy atom. The van der Waals surface area contributed by atoms with Crippen LogP contribution in [-0.2, 0) is 13.0 Å². The van der Waals surface area contributed by atoms with Crippen LogP contribution in [0.3, 0.4) is 0 Å². The van der Waals surface area contributed by atoms with Crippen molar-refractivity contribution in [1.29, 1.82) is 5.26 Å². The van der Waals surface area contributed by atoms with E-state index in [0.717, 1.165) is 22.6 Å². The highest BCUT2D eigenvalue weighted by atomic mass is 16.5. The van der Waals surface area contributed by atoms with Crippen molar-refractivity contribution in [3.05, 3.63) is 59.7 Å². The molecule has 2 aromatic carbocycles. The van der Waals surface area contributed by atoms with Crippen LogP contribution in [0.25, 0.3) is 0 Å². The zero-order valence-electron chi connectivity index (χ0n) is 10.9. The molecule has 19 heavy (non-hydrogen) atoms. The number of nitrogens with zero attached hydrogens (tertiary/aromatic N) is 1. The van der Waals surface area contributed by atoms with Gasteiger partial charge in [-0.2, -0.15) is 5.26 Å². The van der Waals surface area contributed by atoms with Gasteiger partial charge in [0, 0.05) is 17.8 Å². The molecule has 3 heteroatoms. The van der Waals surface area contributed by atoms with E-state index in [9.17, 15) is 0 Å². The van der Waals surface area contributed by atoms with Crippen LogP contribution in [0, 0.1) is 11.3 Å². The molecule has 3 nitrogen and oxygen atoms in total. The predicted molar refractivity (Wildman–Crippen MR) is 76.1 cm³/mol. The molecular formula is C16H16N2O. The fraction of sp³-hybridized carbons (Fsp3) is 0.188. The van der Waals surface area contributed by atoms with Crippen molar-refractivity contribution in [2.75, 3.05) is 12.4 Å². The van der Waals surface area contributed by atoms with E-state index in [1.54, 1.807) is 7.11 Å². The topological polar surface area (TPSA) is 45.0 Å². The number of hydrogen-bond acceptors (Lipinski definition) is 3. The number of para-hydroxylation sites is 1. The summed E-state index contributed by atoms with van der Waals surface area (Å²) in [6.45, 7) is 0.694. The molecule has 0 heterocycles. The first-order valence-corrected chi connectivity index (χ1v) is 6.15. The van der Waals surface area contributed by atoms with E-state index in [2.05, 4.69) is 11.4 Å². The van der Waals surface area contributed by atoms with Gasteiger partial charge >= 0.3 is 0 Å². The Hall–Kier alpha value is -2.47. The van der Waals surface area contributed by atoms with Crippen LogP contribution in [0.15, 0.2) is 48.5 Å². The van der Waals surface area contributed by atoms with Crippen LogP contribution in [0.2, 0.25) is 0 Å². The lowest BCUT2D eigenvalue weighted by molar-refractivity contribution is 0.410. The van der Waals surface area contributed by atoms with Gasteiger partial charge in [0.2, 0.25) is 0 Å². The van der Waals surface area contributed by atoms with E-state index in [0.29, 0.717) is 13.0 Å². The van der Waals surface area contributed by atoms with Gasteiger partial charge in [-0.05, 0) is 23.8 Å². The molecule has 96 valence electrons. The average Bonchev–Trinajstić information content (AvgIpc) is 2.46. The average molecular weight is 252 g/mol. The van der Waals surface area contributed by atoms with Gasteiger partial charge < -0.3 is 10.1 Å². The Labute approximate surface area is 113 Å². The first kappa shape index (κ1) is 13.0. The van der Waals surface area contributed by atoms with Crippen LogP contribution < -0.4 is 10.1 Å². The fourth-order valence-corrected chi connectivity index (χ4v) is 1.93. The summed E-state index contributed by atoms with van der Waals surface area (Å²) >= 11 is 0. The lowest BCUT2D eigenvalue weighted by Crippen LogP contribution is -2.01. The Kier molecular flexibility index (Phi) is 4.41. The highest BCUT2D eigenvalue weighted by molar-refractivity contribution is 5.47. The maximum Gasteiger partial charge on any atom is 0.123 e. The molecule has 0 aliphatic carbocycles. The fourth-order valence-electron chi connectivity index (χ4n) is 1.93. The van der Waals surface area contributed by atoms with Crippen molar-refractivity contribution in [3.8, 4) is 11.8 Å². The minimum absolute atomic E-state index is 0.435. The summed E-state index contributed by atoms with van der Waals surface area (Å²) in [5.41, 5.74) is 3.14. The molecular weight excluding hydrogens is 236 g/mol. The third kappa shape index (κ3) is 3.49. The summed E-state index contributed by atoms with van der Waals surface area (Å²) in [5.74, 6) is 0.878. The molecule has 1 N–H and O–H groups in total. The van der Waals surface area contributed by atoms with Crippen molar-refractivity contribution in [1.82, 2.24) is 0 Å². The first-order chi connectivity index (χ1) is 9.33. The standard InChI is InChI=1S/C16H16N2O/c1-19-16-8-3-2-6-14(16)12-18-15-7-4-5-13(11-15)9-10-17/h2-8,11,18H,9,12H2,1H3. The number of nitriles is 1. The molecule has 0 amide bonds. The summed E-state index contributed by atoms with van der Waals surface area (Å²) in [6, 6.07) is 18.0. The van der Waals surface area contributed by atoms with E-state index < -0.39 is 0 Å². The SMILES string of the molecule is COc1ccccc1CNc1cccc(CC#N)c1. The molecule has 0 unspecified atom stereocenters. The monoisotopic (exact) mass is 252 g/mol. The number of ether oxygens (including phenoxy) is 1. The second-order valence-electron chi connectivity index (χ2n) is 4.20. The molecule has 2 aromatic rings. The van der Waals surface area contributed by atoms with Crippen LogP contribution >= 0.6 is 0 Å². The normalized spacial score (nSPS) is 9.68. The molecule has 0 aliphatic heterocycles. The minimum Gasteiger partial charge on any atom is -0.496 e. The molecule has 0 spiro atoms. The van der Waals surface area contributed by atoms with Crippen molar-refractivity contribution in [2.45, 2.75) is 13.0 Å². The molecule has 0 saturated carbocycles. The van der Waals surface area contributed by atoms with Crippen LogP contribution in [-0.4, -0.2) is 7.11 Å². The van der Waals surface area contributed by atoms with Crippen LogP contribution in [0.5, 0.6) is 5.75 Å². The number of rotatable bonds is 5. The smallest absolute Gasteiger partial charge is 0.123 e. The van der Waals surface area contributed by atoms with Crippen molar-refractivity contribution >= 4 is 5.69 Å². The lowest BCUT2D eigenvalue weighted by atomic mass is 10.1. The van der Waals surface area contributed by atoms with Gasteiger partial charge in [-0.3, -0.25) is 0 Å². The van der Waals surface area contributed by atoms with Crippen LogP contribution in [0.4, 0.5) is 5.69 Å². The maximum absolute atomic E-state index is 8.70. The molecule has 0 aliphatic rings. The molecule has 2 rings (SSSR count). The number of methoxy groups -OCH3 is 1. The number of hydrogen-bond donors (Lipinski definition) is 1. The van der Waals surface area contributed by atoms with Crippen molar-refractivity contribution in [2.24, 2.45) is 0 Å². The van der Waals surface area contributed by atoms with Crippen molar-refractivity contribution < 1.29 is 4.74 Å². The van der Waals surface area contributed by atoms with Gasteiger partial charge in [0.15, 0.2) is 0 Å². The molecule has 0 bridgehead atoms. The van der Waals surface area contributed by atoms with E-state index in [4.69, 9.17) is 10.00 Å². The van der Waals surface area contributed by atoms with Crippen LogP contribution in [0.1, 0.15) is 11.1 Å². The van der Waals surface area contributed by atoms with E-state index in [-0.39, 0.29) is 0 Å². The molecule has 0 atom stereocenters. The lowest BCUT2D eigenvalue weighted by Gasteiger charge is -2.11. The van der Waals surface area contributed by atoms with Crippen molar-refractivity contribution in [3.63, 3.8) is 0 Å². The summed E-state index contributed by atoms with van der Waals surface area (Å²) in [4.78, 5) is 0. The molecule has 0 aromatic heterocycles. The highest BCUT2D eigenvalue weighted by Crippen LogP contribution is 2.19. The second kappa shape index (κ2) is 6.46. The summed E-state index contributed by atoms with van der Waals surface area (Å²) in [6.07, 6.45) is 0.435. The van der Waals surface area contributed by atoms with Gasteiger partial charge in [0.25, 0.3) is 0 Å². The van der Waals surface area contributed by atoms with E-state index in [1.165, 1.54) is 0 Å². The second-order valence-corrected chi connectivity index (χ2v) is 4.20. The highest BCUT2D eigenvalue weighted by Gasteiger charge is 2.01. The van der Waals surface area contributed by atoms with Gasteiger partial charge in [-0.15, -0.1) is 0 Å². The van der Waals surface area contributed by atoms with E-state index >= 15 is 0 Å². The summed E-state index contributed by atoms with van der Waals surface area (Å²) in [7, 11) is 1.67. The number of nitrogens with one attached hydrogen (secondary N) is 1. The Morgan fingerprint density at radius 3 is 2.79 bits per heavy atom. The van der Waals surface area contributed by atoms with Gasteiger partial charge in [-0.1, -0.05) is 30.3 Å². The quantitative estimate of drug-likeness (QED) is 0.887. The Balaban J connectivity index is 2.06. The molecule has 0 saturated heterocycles. The van der Waals surface area contributed by atoms with E-state index in [1.807, 2.05) is 48.5 Å². The largest absolute Gasteiger partial charge is 0.496 e. The number of anilines is 1. The summed E-state index contributed by atoms with van der Waals surface area (Å²) in [5, 5.41) is 12.0. The first-order valence-electron chi connectivity index (χ1n) is 6.15. The Bertz CT molecular complexity index is 587. The molecule has 0 fully saturated rings. The maximum atomic E-state index is 8.70. The number of benzene rings is 2. The summed E-state index contributed by atoms with van der Waals surface area (Å²) < 4.78 is 5.31. The zero-order chi connectivity index (χ0) is 13.5.